The van der Waals surface area contributed by atoms with Crippen molar-refractivity contribution < 1.29 is 0 Å². The van der Waals surface area contributed by atoms with Crippen LogP contribution in [0, 0.1) is 53.7 Å². The first-order valence-corrected chi connectivity index (χ1v) is 10.2. The van der Waals surface area contributed by atoms with Crippen LogP contribution in [0.15, 0.2) is 36.4 Å². The Kier molecular flexibility index (Phi) is 4.46. The fourth-order valence-corrected chi connectivity index (χ4v) is 5.19. The van der Waals surface area contributed by atoms with Crippen molar-refractivity contribution in [1.29, 1.82) is 15.8 Å². The van der Waals surface area contributed by atoms with E-state index in [0.29, 0.717) is 67.9 Å². The molecular formula is C28H10N6. The van der Waals surface area contributed by atoms with Crippen LogP contribution < -0.4 is 10.4 Å². The van der Waals surface area contributed by atoms with Crippen molar-refractivity contribution in [2.45, 2.75) is 12.8 Å². The summed E-state index contributed by atoms with van der Waals surface area (Å²) < 4.78 is 0. The van der Waals surface area contributed by atoms with E-state index in [-0.39, 0.29) is 11.4 Å². The summed E-state index contributed by atoms with van der Waals surface area (Å²) in [6.45, 7) is 23.1. The zero-order chi connectivity index (χ0) is 24.0. The molecule has 6 heteroatoms. The van der Waals surface area contributed by atoms with Gasteiger partial charge in [0.05, 0.1) is 43.5 Å². The molecule has 0 spiro atoms. The van der Waals surface area contributed by atoms with Crippen LogP contribution in [0.1, 0.15) is 27.8 Å². The minimum atomic E-state index is -0.113. The first-order chi connectivity index (χ1) is 16.6. The summed E-state index contributed by atoms with van der Waals surface area (Å²) >= 11 is 0. The van der Waals surface area contributed by atoms with Gasteiger partial charge in [-0.3, -0.25) is 0 Å². The maximum absolute atomic E-state index is 9.89. The Morgan fingerprint density at radius 1 is 0.706 bits per heavy atom. The van der Waals surface area contributed by atoms with Gasteiger partial charge in [0.2, 0.25) is 0 Å². The third-order valence-electron chi connectivity index (χ3n) is 6.37. The first kappa shape index (κ1) is 20.3. The van der Waals surface area contributed by atoms with E-state index in [1.54, 1.807) is 24.3 Å². The van der Waals surface area contributed by atoms with Gasteiger partial charge in [-0.2, -0.15) is 5.26 Å². The molecule has 2 aliphatic carbocycles. The standard InChI is InChI=1S/C28H10N6/c1-32-20-9-5-7-16-11-19-25(21(13-30)33-2)27-18(10-15-6-4-8-17(12-29)23(15)27)26(22(14-31)34-3)28(19)24(16)20/h4-9H,10-11H2/b25-21+,26-22-. The van der Waals surface area contributed by atoms with E-state index in [2.05, 4.69) is 20.6 Å². The molecule has 0 unspecified atom stereocenters. The highest BCUT2D eigenvalue weighted by Crippen LogP contribution is 2.44. The summed E-state index contributed by atoms with van der Waals surface area (Å²) in [7, 11) is 0. The summed E-state index contributed by atoms with van der Waals surface area (Å²) in [6.07, 6.45) is 0.702. The van der Waals surface area contributed by atoms with Crippen molar-refractivity contribution in [3.8, 4) is 40.5 Å². The molecule has 0 fully saturated rings. The van der Waals surface area contributed by atoms with E-state index >= 15 is 0 Å². The quantitative estimate of drug-likeness (QED) is 0.342. The highest BCUT2D eigenvalue weighted by atomic mass is 14.7. The molecule has 34 heavy (non-hydrogen) atoms. The van der Waals surface area contributed by atoms with E-state index in [4.69, 9.17) is 19.7 Å². The van der Waals surface area contributed by atoms with Crippen LogP contribution >= 0.6 is 0 Å². The molecule has 0 aliphatic heterocycles. The van der Waals surface area contributed by atoms with Crippen LogP contribution in [0.2, 0.25) is 0 Å². The summed E-state index contributed by atoms with van der Waals surface area (Å²) in [4.78, 5) is 10.7. The van der Waals surface area contributed by atoms with Gasteiger partial charge in [0.1, 0.15) is 0 Å². The van der Waals surface area contributed by atoms with E-state index in [0.717, 1.165) is 11.1 Å². The second-order valence-corrected chi connectivity index (χ2v) is 7.83. The SMILES string of the molecule is [C-]#[N+]/C(C#N)=c1/c2c(/c(=C(\C#N)[N+]#[C-])c3c1-c1c(cccc1[N+]#[C-])C3)-c1c(C#N)cccc1C2. The summed E-state index contributed by atoms with van der Waals surface area (Å²) in [6, 6.07) is 16.9. The van der Waals surface area contributed by atoms with E-state index in [9.17, 15) is 15.8 Å². The molecule has 0 bridgehead atoms. The van der Waals surface area contributed by atoms with E-state index < -0.39 is 0 Å². The molecule has 6 nitrogen and oxygen atoms in total. The summed E-state index contributed by atoms with van der Waals surface area (Å²) in [5.41, 5.74) is 5.96. The lowest BCUT2D eigenvalue weighted by Crippen LogP contribution is -2.25. The van der Waals surface area contributed by atoms with Gasteiger partial charge in [0, 0.05) is 16.0 Å². The van der Waals surface area contributed by atoms with Crippen molar-refractivity contribution in [3.63, 3.8) is 0 Å². The fraction of sp³-hybridized carbons (Fsp3) is 0.0714. The van der Waals surface area contributed by atoms with Crippen LogP contribution in [-0.4, -0.2) is 0 Å². The largest absolute Gasteiger partial charge is 0.269 e. The number of benzene rings is 3. The van der Waals surface area contributed by atoms with E-state index in [1.807, 2.05) is 24.3 Å². The molecule has 0 aromatic heterocycles. The number of fused-ring (bicyclic) bond motifs is 6. The van der Waals surface area contributed by atoms with Gasteiger partial charge in [0.25, 0.3) is 11.4 Å². The average molecular weight is 430 g/mol. The number of nitrogens with zero attached hydrogens (tertiary/aromatic N) is 6. The van der Waals surface area contributed by atoms with Crippen LogP contribution in [0.3, 0.4) is 0 Å². The molecule has 0 atom stereocenters. The van der Waals surface area contributed by atoms with Crippen molar-refractivity contribution in [2.75, 3.05) is 0 Å². The molecule has 3 aromatic carbocycles. The second kappa shape index (κ2) is 7.49. The number of hydrogen-bond acceptors (Lipinski definition) is 3. The van der Waals surface area contributed by atoms with Gasteiger partial charge in [-0.1, -0.05) is 30.3 Å². The Hall–Kier alpha value is -5.66. The van der Waals surface area contributed by atoms with E-state index in [1.165, 1.54) is 0 Å². The van der Waals surface area contributed by atoms with Crippen LogP contribution in [0.5, 0.6) is 0 Å². The van der Waals surface area contributed by atoms with Crippen molar-refractivity contribution >= 4 is 17.1 Å². The third-order valence-corrected chi connectivity index (χ3v) is 6.37. The molecule has 0 saturated heterocycles. The predicted molar refractivity (Wildman–Crippen MR) is 124 cm³/mol. The Labute approximate surface area is 195 Å². The number of nitriles is 3. The molecular weight excluding hydrogens is 420 g/mol. The molecule has 5 rings (SSSR count). The molecule has 152 valence electrons. The van der Waals surface area contributed by atoms with Gasteiger partial charge in [0.15, 0.2) is 5.69 Å². The predicted octanol–water partition coefficient (Wildman–Crippen LogP) is 4.35. The highest BCUT2D eigenvalue weighted by Gasteiger charge is 2.33. The minimum Gasteiger partial charge on any atom is -0.238 e. The lowest BCUT2D eigenvalue weighted by Gasteiger charge is -2.14. The average Bonchev–Trinajstić information content (AvgIpc) is 3.45. The molecule has 0 heterocycles. The van der Waals surface area contributed by atoms with Crippen molar-refractivity contribution in [3.05, 3.63) is 109 Å². The molecule has 2 aliphatic rings. The minimum absolute atomic E-state index is 0.112. The van der Waals surface area contributed by atoms with Gasteiger partial charge < -0.3 is 0 Å². The Bertz CT molecular complexity index is 1700. The normalized spacial score (nSPS) is 13.2. The molecule has 0 amide bonds. The maximum Gasteiger partial charge on any atom is 0.269 e. The lowest BCUT2D eigenvalue weighted by molar-refractivity contribution is 1.20. The summed E-state index contributed by atoms with van der Waals surface area (Å²) in [5, 5.41) is 30.5. The molecule has 0 N–H and O–H groups in total. The molecule has 0 saturated carbocycles. The Balaban J connectivity index is 2.19. The fourth-order valence-electron chi connectivity index (χ4n) is 5.19. The Morgan fingerprint density at radius 2 is 1.24 bits per heavy atom. The smallest absolute Gasteiger partial charge is 0.238 e. The Morgan fingerprint density at radius 3 is 1.74 bits per heavy atom. The number of hydrogen-bond donors (Lipinski definition) is 0. The highest BCUT2D eigenvalue weighted by molar-refractivity contribution is 5.96. The van der Waals surface area contributed by atoms with Crippen molar-refractivity contribution in [1.82, 2.24) is 0 Å². The van der Waals surface area contributed by atoms with Gasteiger partial charge >= 0.3 is 0 Å². The third kappa shape index (κ3) is 2.49. The zero-order valence-corrected chi connectivity index (χ0v) is 17.6. The van der Waals surface area contributed by atoms with Crippen molar-refractivity contribution in [2.24, 2.45) is 0 Å². The second-order valence-electron chi connectivity index (χ2n) is 7.83. The first-order valence-electron chi connectivity index (χ1n) is 10.2. The van der Waals surface area contributed by atoms with Crippen LogP contribution in [0.25, 0.3) is 48.2 Å². The lowest BCUT2D eigenvalue weighted by atomic mass is 9.89. The zero-order valence-electron chi connectivity index (χ0n) is 17.6. The topological polar surface area (TPSA) is 84.4 Å². The molecule has 3 aromatic rings. The summed E-state index contributed by atoms with van der Waals surface area (Å²) in [5.74, 6) is 0. The van der Waals surface area contributed by atoms with Crippen LogP contribution in [-0.2, 0) is 12.8 Å². The monoisotopic (exact) mass is 430 g/mol. The maximum atomic E-state index is 9.89. The molecule has 0 radical (unpaired) electrons. The van der Waals surface area contributed by atoms with Crippen LogP contribution in [0.4, 0.5) is 5.69 Å². The van der Waals surface area contributed by atoms with Gasteiger partial charge in [-0.05, 0) is 57.9 Å². The number of rotatable bonds is 0. The van der Waals surface area contributed by atoms with Gasteiger partial charge in [-0.25, -0.2) is 25.1 Å². The van der Waals surface area contributed by atoms with Gasteiger partial charge in [-0.15, -0.1) is 0 Å².